The Bertz CT molecular complexity index is 1270. The van der Waals surface area contributed by atoms with Gasteiger partial charge in [-0.2, -0.15) is 0 Å². The van der Waals surface area contributed by atoms with Gasteiger partial charge in [0.15, 0.2) is 5.82 Å². The molecule has 9 nitrogen and oxygen atoms in total. The Morgan fingerprint density at radius 2 is 1.62 bits per heavy atom. The van der Waals surface area contributed by atoms with Crippen LogP contribution in [0.4, 0.5) is 22.0 Å². The van der Waals surface area contributed by atoms with Gasteiger partial charge in [-0.05, 0) is 36.4 Å². The van der Waals surface area contributed by atoms with E-state index in [9.17, 15) is 9.59 Å². The van der Waals surface area contributed by atoms with Crippen molar-refractivity contribution in [3.63, 3.8) is 0 Å². The summed E-state index contributed by atoms with van der Waals surface area (Å²) in [6.45, 7) is 5.97. The number of amides is 3. The van der Waals surface area contributed by atoms with Crippen LogP contribution < -0.4 is 16.0 Å². The summed E-state index contributed by atoms with van der Waals surface area (Å²) in [5, 5.41) is 12.9. The van der Waals surface area contributed by atoms with Gasteiger partial charge in [0, 0.05) is 34.4 Å². The highest BCUT2D eigenvalue weighted by Gasteiger charge is 2.20. The molecule has 0 aliphatic carbocycles. The Hall–Kier alpha value is -4.27. The summed E-state index contributed by atoms with van der Waals surface area (Å²) < 4.78 is 5.25. The van der Waals surface area contributed by atoms with Crippen molar-refractivity contribution in [3.05, 3.63) is 72.4 Å². The Labute approximate surface area is 184 Å². The number of anilines is 3. The maximum absolute atomic E-state index is 12.5. The van der Waals surface area contributed by atoms with Crippen molar-refractivity contribution in [2.24, 2.45) is 0 Å². The van der Waals surface area contributed by atoms with E-state index in [4.69, 9.17) is 4.52 Å². The molecule has 0 radical (unpaired) electrons. The lowest BCUT2D eigenvalue weighted by Gasteiger charge is -2.12. The Morgan fingerprint density at radius 1 is 0.906 bits per heavy atom. The van der Waals surface area contributed by atoms with Gasteiger partial charge in [0.05, 0.1) is 11.7 Å². The number of nitrogens with zero attached hydrogens (tertiary/aromatic N) is 3. The van der Waals surface area contributed by atoms with Crippen LogP contribution in [0.15, 0.2) is 65.4 Å². The molecule has 3 aromatic heterocycles. The monoisotopic (exact) mass is 430 g/mol. The molecule has 9 heteroatoms. The van der Waals surface area contributed by atoms with Crippen molar-refractivity contribution >= 4 is 40.0 Å². The van der Waals surface area contributed by atoms with Crippen LogP contribution >= 0.6 is 0 Å². The van der Waals surface area contributed by atoms with Crippen molar-refractivity contribution in [2.75, 3.05) is 16.0 Å². The molecule has 0 aliphatic rings. The number of carbonyl (C=O) groups is 2. The Kier molecular flexibility index (Phi) is 5.55. The molecule has 0 saturated heterocycles. The molecule has 0 bridgehead atoms. The topological polar surface area (TPSA) is 122 Å². The standard InChI is InChI=1S/C23H22N6O3/c1-23(2,3)19-12-20(29-32-19)28-22(31)26-16-7-5-15(6-8-16)25-21(30)17-9-4-14-10-11-24-13-18(14)27-17/h4-13H,1-3H3,(H,25,30)(H2,26,28,29,31). The summed E-state index contributed by atoms with van der Waals surface area (Å²) >= 11 is 0. The van der Waals surface area contributed by atoms with Crippen LogP contribution in [0.1, 0.15) is 37.0 Å². The fourth-order valence-corrected chi connectivity index (χ4v) is 2.89. The van der Waals surface area contributed by atoms with Crippen molar-refractivity contribution in [3.8, 4) is 0 Å². The van der Waals surface area contributed by atoms with Gasteiger partial charge in [-0.25, -0.2) is 9.78 Å². The molecule has 0 atom stereocenters. The molecule has 0 saturated carbocycles. The highest BCUT2D eigenvalue weighted by Crippen LogP contribution is 2.24. The van der Waals surface area contributed by atoms with Gasteiger partial charge in [0.25, 0.3) is 5.91 Å². The predicted molar refractivity (Wildman–Crippen MR) is 122 cm³/mol. The van der Waals surface area contributed by atoms with E-state index in [0.717, 1.165) is 5.39 Å². The molecule has 4 aromatic rings. The maximum Gasteiger partial charge on any atom is 0.324 e. The van der Waals surface area contributed by atoms with E-state index in [1.165, 1.54) is 0 Å². The average Bonchev–Trinajstić information content (AvgIpc) is 3.23. The first kappa shape index (κ1) is 21.0. The summed E-state index contributed by atoms with van der Waals surface area (Å²) in [4.78, 5) is 33.1. The molecule has 0 aliphatic heterocycles. The van der Waals surface area contributed by atoms with Crippen LogP contribution in [0.5, 0.6) is 0 Å². The summed E-state index contributed by atoms with van der Waals surface area (Å²) in [6.07, 6.45) is 3.29. The summed E-state index contributed by atoms with van der Waals surface area (Å²) in [6, 6.07) is 13.3. The molecule has 0 spiro atoms. The van der Waals surface area contributed by atoms with Crippen LogP contribution in [0.2, 0.25) is 0 Å². The third-order valence-electron chi connectivity index (χ3n) is 4.62. The molecule has 4 rings (SSSR count). The van der Waals surface area contributed by atoms with E-state index in [1.54, 1.807) is 48.8 Å². The molecule has 1 aromatic carbocycles. The zero-order valence-electron chi connectivity index (χ0n) is 17.8. The van der Waals surface area contributed by atoms with Crippen molar-refractivity contribution < 1.29 is 14.1 Å². The van der Waals surface area contributed by atoms with Gasteiger partial charge >= 0.3 is 6.03 Å². The van der Waals surface area contributed by atoms with Gasteiger partial charge in [-0.1, -0.05) is 32.0 Å². The van der Waals surface area contributed by atoms with E-state index in [2.05, 4.69) is 31.1 Å². The van der Waals surface area contributed by atoms with Crippen LogP contribution in [0, 0.1) is 0 Å². The largest absolute Gasteiger partial charge is 0.359 e. The van der Waals surface area contributed by atoms with Crippen molar-refractivity contribution in [2.45, 2.75) is 26.2 Å². The minimum absolute atomic E-state index is 0.205. The first-order valence-electron chi connectivity index (χ1n) is 9.95. The summed E-state index contributed by atoms with van der Waals surface area (Å²) in [5.41, 5.74) is 1.85. The number of aromatic nitrogens is 3. The Morgan fingerprint density at radius 3 is 2.31 bits per heavy atom. The number of rotatable bonds is 4. The van der Waals surface area contributed by atoms with E-state index in [0.29, 0.717) is 28.5 Å². The number of benzene rings is 1. The van der Waals surface area contributed by atoms with Crippen LogP contribution in [-0.4, -0.2) is 27.1 Å². The number of fused-ring (bicyclic) bond motifs is 1. The molecule has 3 N–H and O–H groups in total. The first-order chi connectivity index (χ1) is 15.3. The number of carbonyl (C=O) groups excluding carboxylic acids is 2. The molecule has 162 valence electrons. The third kappa shape index (κ3) is 4.89. The first-order valence-corrected chi connectivity index (χ1v) is 9.95. The molecular formula is C23H22N6O3. The number of hydrogen-bond donors (Lipinski definition) is 3. The second kappa shape index (κ2) is 8.46. The van der Waals surface area contributed by atoms with E-state index < -0.39 is 6.03 Å². The lowest BCUT2D eigenvalue weighted by atomic mass is 9.93. The lowest BCUT2D eigenvalue weighted by Crippen LogP contribution is -2.19. The third-order valence-corrected chi connectivity index (χ3v) is 4.62. The molecular weight excluding hydrogens is 408 g/mol. The highest BCUT2D eigenvalue weighted by atomic mass is 16.5. The fraction of sp³-hybridized carbons (Fsp3) is 0.174. The number of urea groups is 1. The number of pyridine rings is 2. The van der Waals surface area contributed by atoms with Gasteiger partial charge in [-0.15, -0.1) is 0 Å². The van der Waals surface area contributed by atoms with Gasteiger partial charge in [0.2, 0.25) is 0 Å². The molecule has 0 unspecified atom stereocenters. The minimum atomic E-state index is -0.454. The fourth-order valence-electron chi connectivity index (χ4n) is 2.89. The molecule has 3 amide bonds. The second-order valence-corrected chi connectivity index (χ2v) is 8.20. The molecule has 3 heterocycles. The van der Waals surface area contributed by atoms with Gasteiger partial charge in [0.1, 0.15) is 11.5 Å². The predicted octanol–water partition coefficient (Wildman–Crippen LogP) is 4.81. The van der Waals surface area contributed by atoms with E-state index >= 15 is 0 Å². The molecule has 0 fully saturated rings. The van der Waals surface area contributed by atoms with Gasteiger partial charge in [-0.3, -0.25) is 15.1 Å². The minimum Gasteiger partial charge on any atom is -0.359 e. The zero-order valence-corrected chi connectivity index (χ0v) is 17.8. The smallest absolute Gasteiger partial charge is 0.324 e. The number of hydrogen-bond acceptors (Lipinski definition) is 6. The van der Waals surface area contributed by atoms with E-state index in [-0.39, 0.29) is 17.0 Å². The lowest BCUT2D eigenvalue weighted by molar-refractivity contribution is 0.102. The normalized spacial score (nSPS) is 11.2. The number of nitrogens with one attached hydrogen (secondary N) is 3. The van der Waals surface area contributed by atoms with Crippen molar-refractivity contribution in [1.29, 1.82) is 0 Å². The van der Waals surface area contributed by atoms with Crippen LogP contribution in [0.3, 0.4) is 0 Å². The Balaban J connectivity index is 1.35. The average molecular weight is 430 g/mol. The zero-order chi connectivity index (χ0) is 22.7. The molecule has 32 heavy (non-hydrogen) atoms. The van der Waals surface area contributed by atoms with Crippen molar-refractivity contribution in [1.82, 2.24) is 15.1 Å². The van der Waals surface area contributed by atoms with Crippen LogP contribution in [0.25, 0.3) is 10.9 Å². The van der Waals surface area contributed by atoms with Crippen LogP contribution in [-0.2, 0) is 5.41 Å². The highest BCUT2D eigenvalue weighted by molar-refractivity contribution is 6.04. The van der Waals surface area contributed by atoms with E-state index in [1.807, 2.05) is 32.9 Å². The summed E-state index contributed by atoms with van der Waals surface area (Å²) in [7, 11) is 0. The maximum atomic E-state index is 12.5. The van der Waals surface area contributed by atoms with Gasteiger partial charge < -0.3 is 15.2 Å². The summed E-state index contributed by atoms with van der Waals surface area (Å²) in [5.74, 6) is 0.661. The second-order valence-electron chi connectivity index (χ2n) is 8.20. The quantitative estimate of drug-likeness (QED) is 0.427. The SMILES string of the molecule is CC(C)(C)c1cc(NC(=O)Nc2ccc(NC(=O)c3ccc4ccncc4n3)cc2)no1.